The standard InChI is InChI=1S/C15H27N3O3/c1-2-21-9-3-7-16-15(20)18-8-6-12(11-18)10-14(19)17-13-4-5-13/h12-13H,2-11H2,1H3,(H,16,20)(H,17,19). The molecule has 2 rings (SSSR count). The summed E-state index contributed by atoms with van der Waals surface area (Å²) < 4.78 is 5.23. The first kappa shape index (κ1) is 16.1. The first-order valence-electron chi connectivity index (χ1n) is 8.09. The minimum atomic E-state index is -0.0170. The molecule has 1 atom stereocenters. The Morgan fingerprint density at radius 3 is 2.81 bits per heavy atom. The van der Waals surface area contributed by atoms with E-state index in [2.05, 4.69) is 10.6 Å². The Hall–Kier alpha value is -1.30. The van der Waals surface area contributed by atoms with E-state index >= 15 is 0 Å². The van der Waals surface area contributed by atoms with Crippen molar-refractivity contribution in [2.24, 2.45) is 5.92 Å². The van der Waals surface area contributed by atoms with Crippen LogP contribution in [0.2, 0.25) is 0 Å². The lowest BCUT2D eigenvalue weighted by Crippen LogP contribution is -2.39. The number of rotatable bonds is 8. The third-order valence-corrected chi connectivity index (χ3v) is 3.94. The fraction of sp³-hybridized carbons (Fsp3) is 0.867. The molecule has 1 heterocycles. The number of nitrogens with one attached hydrogen (secondary N) is 2. The number of amides is 3. The van der Waals surface area contributed by atoms with Crippen LogP contribution in [0.3, 0.4) is 0 Å². The molecule has 21 heavy (non-hydrogen) atoms. The molecule has 0 aromatic heterocycles. The first-order chi connectivity index (χ1) is 10.2. The normalized spacial score (nSPS) is 21.4. The van der Waals surface area contributed by atoms with Crippen molar-refractivity contribution in [2.45, 2.75) is 45.1 Å². The number of hydrogen-bond acceptors (Lipinski definition) is 3. The number of urea groups is 1. The van der Waals surface area contributed by atoms with Crippen LogP contribution >= 0.6 is 0 Å². The van der Waals surface area contributed by atoms with Crippen LogP contribution in [0.1, 0.15) is 39.0 Å². The lowest BCUT2D eigenvalue weighted by atomic mass is 10.0. The van der Waals surface area contributed by atoms with Crippen molar-refractivity contribution in [1.29, 1.82) is 0 Å². The molecule has 2 aliphatic rings. The quantitative estimate of drug-likeness (QED) is 0.659. The minimum Gasteiger partial charge on any atom is -0.382 e. The van der Waals surface area contributed by atoms with Crippen LogP contribution in [0.25, 0.3) is 0 Å². The number of nitrogens with zero attached hydrogens (tertiary/aromatic N) is 1. The molecule has 0 aromatic carbocycles. The second kappa shape index (κ2) is 8.22. The number of likely N-dealkylation sites (tertiary alicyclic amines) is 1. The van der Waals surface area contributed by atoms with Crippen LogP contribution in [0.5, 0.6) is 0 Å². The predicted molar refractivity (Wildman–Crippen MR) is 80.0 cm³/mol. The summed E-state index contributed by atoms with van der Waals surface area (Å²) >= 11 is 0. The molecule has 2 N–H and O–H groups in total. The molecule has 0 aromatic rings. The molecular weight excluding hydrogens is 270 g/mol. The van der Waals surface area contributed by atoms with Gasteiger partial charge in [0.25, 0.3) is 0 Å². The van der Waals surface area contributed by atoms with Crippen molar-refractivity contribution >= 4 is 11.9 Å². The van der Waals surface area contributed by atoms with Gasteiger partial charge in [-0.3, -0.25) is 4.79 Å². The van der Waals surface area contributed by atoms with Crippen molar-refractivity contribution in [3.05, 3.63) is 0 Å². The summed E-state index contributed by atoms with van der Waals surface area (Å²) in [6, 6.07) is 0.403. The zero-order chi connectivity index (χ0) is 15.1. The van der Waals surface area contributed by atoms with Crippen LogP contribution in [-0.4, -0.2) is 55.7 Å². The minimum absolute atomic E-state index is 0.0170. The largest absolute Gasteiger partial charge is 0.382 e. The Morgan fingerprint density at radius 1 is 1.29 bits per heavy atom. The number of ether oxygens (including phenoxy) is 1. The van der Waals surface area contributed by atoms with Gasteiger partial charge < -0.3 is 20.3 Å². The number of hydrogen-bond donors (Lipinski definition) is 2. The van der Waals surface area contributed by atoms with Crippen LogP contribution in [0.4, 0.5) is 4.79 Å². The summed E-state index contributed by atoms with van der Waals surface area (Å²) in [7, 11) is 0. The molecule has 1 aliphatic carbocycles. The summed E-state index contributed by atoms with van der Waals surface area (Å²) in [5.74, 6) is 0.444. The Labute approximate surface area is 126 Å². The molecular formula is C15H27N3O3. The maximum Gasteiger partial charge on any atom is 0.317 e. The summed E-state index contributed by atoms with van der Waals surface area (Å²) in [5.41, 5.74) is 0. The zero-order valence-electron chi connectivity index (χ0n) is 12.9. The molecule has 3 amide bonds. The highest BCUT2D eigenvalue weighted by Gasteiger charge is 2.29. The SMILES string of the molecule is CCOCCCNC(=O)N1CCC(CC(=O)NC2CC2)C1. The van der Waals surface area contributed by atoms with E-state index in [0.717, 1.165) is 32.2 Å². The first-order valence-corrected chi connectivity index (χ1v) is 8.09. The highest BCUT2D eigenvalue weighted by Crippen LogP contribution is 2.22. The highest BCUT2D eigenvalue weighted by atomic mass is 16.5. The topological polar surface area (TPSA) is 70.7 Å². The molecule has 1 unspecified atom stereocenters. The van der Waals surface area contributed by atoms with Gasteiger partial charge in [0, 0.05) is 45.3 Å². The molecule has 1 saturated carbocycles. The Kier molecular flexibility index (Phi) is 6.29. The Bertz CT molecular complexity index is 358. The van der Waals surface area contributed by atoms with Gasteiger partial charge in [-0.25, -0.2) is 4.79 Å². The Balaban J connectivity index is 1.57. The lowest BCUT2D eigenvalue weighted by Gasteiger charge is -2.17. The summed E-state index contributed by atoms with van der Waals surface area (Å²) in [6.07, 6.45) is 4.54. The average Bonchev–Trinajstić information content (AvgIpc) is 3.14. The third kappa shape index (κ3) is 5.91. The monoisotopic (exact) mass is 297 g/mol. The van der Waals surface area contributed by atoms with E-state index in [1.54, 1.807) is 0 Å². The molecule has 2 fully saturated rings. The van der Waals surface area contributed by atoms with Gasteiger partial charge in [-0.2, -0.15) is 0 Å². The van der Waals surface area contributed by atoms with E-state index in [9.17, 15) is 9.59 Å². The van der Waals surface area contributed by atoms with Gasteiger partial charge in [-0.15, -0.1) is 0 Å². The summed E-state index contributed by atoms with van der Waals surface area (Å²) in [6.45, 7) is 5.43. The van der Waals surface area contributed by atoms with Gasteiger partial charge in [-0.1, -0.05) is 0 Å². The molecule has 0 spiro atoms. The van der Waals surface area contributed by atoms with Crippen molar-refractivity contribution < 1.29 is 14.3 Å². The molecule has 0 bridgehead atoms. The van der Waals surface area contributed by atoms with Crippen LogP contribution in [0, 0.1) is 5.92 Å². The van der Waals surface area contributed by atoms with Crippen molar-refractivity contribution in [3.63, 3.8) is 0 Å². The van der Waals surface area contributed by atoms with Gasteiger partial charge >= 0.3 is 6.03 Å². The van der Waals surface area contributed by atoms with E-state index in [1.807, 2.05) is 11.8 Å². The van der Waals surface area contributed by atoms with Gasteiger partial charge in [0.05, 0.1) is 0 Å². The zero-order valence-corrected chi connectivity index (χ0v) is 12.9. The van der Waals surface area contributed by atoms with Crippen LogP contribution in [-0.2, 0) is 9.53 Å². The number of carbonyl (C=O) groups is 2. The van der Waals surface area contributed by atoms with E-state index in [1.165, 1.54) is 0 Å². The van der Waals surface area contributed by atoms with Gasteiger partial charge in [0.2, 0.25) is 5.91 Å². The van der Waals surface area contributed by atoms with E-state index in [0.29, 0.717) is 44.7 Å². The molecule has 6 nitrogen and oxygen atoms in total. The maximum absolute atomic E-state index is 12.0. The average molecular weight is 297 g/mol. The van der Waals surface area contributed by atoms with E-state index in [-0.39, 0.29) is 11.9 Å². The molecule has 120 valence electrons. The second-order valence-electron chi connectivity index (χ2n) is 5.93. The van der Waals surface area contributed by atoms with Crippen molar-refractivity contribution in [3.8, 4) is 0 Å². The summed E-state index contributed by atoms with van der Waals surface area (Å²) in [4.78, 5) is 25.5. The molecule has 1 saturated heterocycles. The maximum atomic E-state index is 12.0. The van der Waals surface area contributed by atoms with Crippen LogP contribution in [0.15, 0.2) is 0 Å². The van der Waals surface area contributed by atoms with Crippen molar-refractivity contribution in [1.82, 2.24) is 15.5 Å². The fourth-order valence-electron chi connectivity index (χ4n) is 2.59. The highest BCUT2D eigenvalue weighted by molar-refractivity contribution is 5.77. The summed E-state index contributed by atoms with van der Waals surface area (Å²) in [5, 5.41) is 5.91. The smallest absolute Gasteiger partial charge is 0.317 e. The Morgan fingerprint density at radius 2 is 2.10 bits per heavy atom. The fourth-order valence-corrected chi connectivity index (χ4v) is 2.59. The number of carbonyl (C=O) groups excluding carboxylic acids is 2. The molecule has 6 heteroatoms. The lowest BCUT2D eigenvalue weighted by molar-refractivity contribution is -0.122. The second-order valence-corrected chi connectivity index (χ2v) is 5.93. The van der Waals surface area contributed by atoms with Gasteiger partial charge in [-0.05, 0) is 38.5 Å². The third-order valence-electron chi connectivity index (χ3n) is 3.94. The molecule has 1 aliphatic heterocycles. The van der Waals surface area contributed by atoms with Crippen LogP contribution < -0.4 is 10.6 Å². The van der Waals surface area contributed by atoms with Gasteiger partial charge in [0.15, 0.2) is 0 Å². The van der Waals surface area contributed by atoms with E-state index < -0.39 is 0 Å². The molecule has 0 radical (unpaired) electrons. The van der Waals surface area contributed by atoms with Crippen molar-refractivity contribution in [2.75, 3.05) is 32.8 Å². The van der Waals surface area contributed by atoms with E-state index in [4.69, 9.17) is 4.74 Å². The predicted octanol–water partition coefficient (Wildman–Crippen LogP) is 1.11. The van der Waals surface area contributed by atoms with Gasteiger partial charge in [0.1, 0.15) is 0 Å².